The Bertz CT molecular complexity index is 1270. The second kappa shape index (κ2) is 9.25. The number of ether oxygens (including phenoxy) is 2. The van der Waals surface area contributed by atoms with Crippen LogP contribution < -0.4 is 31.6 Å². The fourth-order valence-corrected chi connectivity index (χ4v) is 6.12. The predicted octanol–water partition coefficient (Wildman–Crippen LogP) is 3.70. The molecule has 5 rings (SSSR count). The number of nitrogens with two attached hydrogens (primary N) is 3. The molecule has 3 aromatic rings. The Morgan fingerprint density at radius 2 is 1.80 bits per heavy atom. The first-order valence-corrected chi connectivity index (χ1v) is 12.5. The van der Waals surface area contributed by atoms with Gasteiger partial charge in [0.15, 0.2) is 17.3 Å². The van der Waals surface area contributed by atoms with E-state index >= 15 is 0 Å². The van der Waals surface area contributed by atoms with Crippen LogP contribution in [0.15, 0.2) is 40.5 Å². The van der Waals surface area contributed by atoms with E-state index in [1.807, 2.05) is 6.07 Å². The summed E-state index contributed by atoms with van der Waals surface area (Å²) >= 11 is 7.58. The number of halogens is 1. The van der Waals surface area contributed by atoms with Crippen LogP contribution in [0.25, 0.3) is 0 Å². The minimum absolute atomic E-state index is 0.00298. The molecule has 1 fully saturated rings. The average Bonchev–Trinajstić information content (AvgIpc) is 3.12. The third-order valence-corrected chi connectivity index (χ3v) is 8.68. The number of benzene rings is 1. The molecule has 3 heterocycles. The van der Waals surface area contributed by atoms with Crippen molar-refractivity contribution in [3.63, 3.8) is 0 Å². The zero-order valence-corrected chi connectivity index (χ0v) is 21.2. The summed E-state index contributed by atoms with van der Waals surface area (Å²) in [4.78, 5) is 16.1. The number of aromatic nitrogens is 3. The molecule has 0 bridgehead atoms. The highest BCUT2D eigenvalue weighted by Crippen LogP contribution is 2.53. The number of piperidine rings is 1. The SMILES string of the molecule is COc1cc2c(cc1OC)C(N)C1(CCN(c3cnc(Sc4ccnc(N)c4Cl)c(N)n3)CC1)C2. The Morgan fingerprint density at radius 1 is 1.09 bits per heavy atom. The van der Waals surface area contributed by atoms with Crippen molar-refractivity contribution in [1.82, 2.24) is 15.0 Å². The number of hydrogen-bond donors (Lipinski definition) is 3. The van der Waals surface area contributed by atoms with Gasteiger partial charge >= 0.3 is 0 Å². The quantitative estimate of drug-likeness (QED) is 0.462. The molecule has 35 heavy (non-hydrogen) atoms. The second-order valence-electron chi connectivity index (χ2n) is 8.94. The van der Waals surface area contributed by atoms with Gasteiger partial charge in [0, 0.05) is 30.2 Å². The normalized spacial score (nSPS) is 18.5. The molecule has 1 aliphatic carbocycles. The molecule has 2 aromatic heterocycles. The van der Waals surface area contributed by atoms with Gasteiger partial charge in [0.25, 0.3) is 0 Å². The summed E-state index contributed by atoms with van der Waals surface area (Å²) in [7, 11) is 3.31. The van der Waals surface area contributed by atoms with Gasteiger partial charge < -0.3 is 31.6 Å². The summed E-state index contributed by atoms with van der Waals surface area (Å²) in [6.07, 6.45) is 6.17. The maximum Gasteiger partial charge on any atom is 0.161 e. The maximum absolute atomic E-state index is 6.81. The van der Waals surface area contributed by atoms with Crippen molar-refractivity contribution in [2.75, 3.05) is 43.7 Å². The molecular weight excluding hydrogens is 486 g/mol. The molecule has 11 heteroatoms. The standard InChI is InChI=1S/C24H28ClN7O2S/c1-33-15-9-13-11-24(20(26)14(13)10-16(15)34-2)4-7-32(8-5-24)18-12-30-23(22(28)31-18)35-17-3-6-29-21(27)19(17)25/h3,6,9-10,12,20H,4-5,7-8,11,26H2,1-2H3,(H2,27,29)(H2,28,31). The predicted molar refractivity (Wildman–Crippen MR) is 138 cm³/mol. The van der Waals surface area contributed by atoms with Gasteiger partial charge in [-0.15, -0.1) is 0 Å². The summed E-state index contributed by atoms with van der Waals surface area (Å²) in [5.74, 6) is 2.84. The van der Waals surface area contributed by atoms with E-state index in [2.05, 4.69) is 25.9 Å². The van der Waals surface area contributed by atoms with Crippen LogP contribution in [0.4, 0.5) is 17.5 Å². The van der Waals surface area contributed by atoms with Gasteiger partial charge in [0.2, 0.25) is 0 Å². The van der Waals surface area contributed by atoms with Gasteiger partial charge in [-0.1, -0.05) is 23.4 Å². The monoisotopic (exact) mass is 513 g/mol. The Labute approximate surface area is 213 Å². The molecule has 1 aliphatic heterocycles. The summed E-state index contributed by atoms with van der Waals surface area (Å²) in [5, 5.41) is 0.958. The topological polar surface area (TPSA) is 138 Å². The van der Waals surface area contributed by atoms with Crippen LogP contribution in [0.1, 0.15) is 30.0 Å². The molecular formula is C24H28ClN7O2S. The first-order valence-electron chi connectivity index (χ1n) is 11.3. The summed E-state index contributed by atoms with van der Waals surface area (Å²) in [6.45, 7) is 1.65. The van der Waals surface area contributed by atoms with E-state index in [4.69, 9.17) is 38.3 Å². The van der Waals surface area contributed by atoms with E-state index < -0.39 is 0 Å². The van der Waals surface area contributed by atoms with Crippen molar-refractivity contribution in [2.24, 2.45) is 11.1 Å². The number of nitrogens with zero attached hydrogens (tertiary/aromatic N) is 4. The molecule has 184 valence electrons. The van der Waals surface area contributed by atoms with Crippen molar-refractivity contribution in [3.8, 4) is 11.5 Å². The highest BCUT2D eigenvalue weighted by atomic mass is 35.5. The first-order chi connectivity index (χ1) is 16.8. The van der Waals surface area contributed by atoms with Crippen molar-refractivity contribution < 1.29 is 9.47 Å². The van der Waals surface area contributed by atoms with Crippen LogP contribution in [0.5, 0.6) is 11.5 Å². The zero-order valence-electron chi connectivity index (χ0n) is 19.6. The van der Waals surface area contributed by atoms with Gasteiger partial charge in [0.05, 0.1) is 25.4 Å². The molecule has 0 amide bonds. The minimum Gasteiger partial charge on any atom is -0.493 e. The van der Waals surface area contributed by atoms with E-state index in [0.29, 0.717) is 15.9 Å². The Hall–Kier alpha value is -2.95. The van der Waals surface area contributed by atoms with Crippen LogP contribution >= 0.6 is 23.4 Å². The van der Waals surface area contributed by atoms with Gasteiger partial charge in [-0.3, -0.25) is 0 Å². The van der Waals surface area contributed by atoms with Gasteiger partial charge in [-0.2, -0.15) is 0 Å². The van der Waals surface area contributed by atoms with Gasteiger partial charge in [0.1, 0.15) is 16.7 Å². The van der Waals surface area contributed by atoms with Crippen LogP contribution in [-0.4, -0.2) is 42.3 Å². The van der Waals surface area contributed by atoms with Crippen molar-refractivity contribution >= 4 is 40.8 Å². The number of rotatable bonds is 5. The molecule has 1 spiro atoms. The number of fused-ring (bicyclic) bond motifs is 1. The number of nitrogen functional groups attached to an aromatic ring is 2. The summed E-state index contributed by atoms with van der Waals surface area (Å²) < 4.78 is 11.0. The first kappa shape index (κ1) is 23.8. The second-order valence-corrected chi connectivity index (χ2v) is 10.3. The molecule has 1 atom stereocenters. The third-order valence-electron chi connectivity index (χ3n) is 7.10. The number of hydrogen-bond acceptors (Lipinski definition) is 10. The Morgan fingerprint density at radius 3 is 2.49 bits per heavy atom. The lowest BCUT2D eigenvalue weighted by Crippen LogP contribution is -2.44. The lowest BCUT2D eigenvalue weighted by Gasteiger charge is -2.42. The summed E-state index contributed by atoms with van der Waals surface area (Å²) in [5.41, 5.74) is 21.3. The van der Waals surface area contributed by atoms with E-state index in [1.54, 1.807) is 32.7 Å². The molecule has 2 aliphatic rings. The number of anilines is 3. The Kier molecular flexibility index (Phi) is 6.29. The van der Waals surface area contributed by atoms with E-state index in [1.165, 1.54) is 17.3 Å². The van der Waals surface area contributed by atoms with Crippen molar-refractivity contribution in [2.45, 2.75) is 35.2 Å². The van der Waals surface area contributed by atoms with Crippen LogP contribution in [0.3, 0.4) is 0 Å². The van der Waals surface area contributed by atoms with E-state index in [0.717, 1.165) is 60.1 Å². The van der Waals surface area contributed by atoms with E-state index in [9.17, 15) is 0 Å². The van der Waals surface area contributed by atoms with Crippen molar-refractivity contribution in [3.05, 3.63) is 46.7 Å². The lowest BCUT2D eigenvalue weighted by atomic mass is 9.73. The van der Waals surface area contributed by atoms with Crippen LogP contribution in [0, 0.1) is 5.41 Å². The highest BCUT2D eigenvalue weighted by Gasteiger charge is 2.46. The average molecular weight is 514 g/mol. The molecule has 1 unspecified atom stereocenters. The van der Waals surface area contributed by atoms with Crippen LogP contribution in [0.2, 0.25) is 5.02 Å². The molecule has 0 saturated carbocycles. The third kappa shape index (κ3) is 4.19. The molecule has 1 aromatic carbocycles. The minimum atomic E-state index is -0.0491. The fraction of sp³-hybridized carbons (Fsp3) is 0.375. The van der Waals surface area contributed by atoms with Crippen molar-refractivity contribution in [1.29, 1.82) is 0 Å². The maximum atomic E-state index is 6.81. The molecule has 9 nitrogen and oxygen atoms in total. The largest absolute Gasteiger partial charge is 0.493 e. The number of pyridine rings is 1. The lowest BCUT2D eigenvalue weighted by molar-refractivity contribution is 0.187. The zero-order chi connectivity index (χ0) is 24.7. The van der Waals surface area contributed by atoms with Gasteiger partial charge in [-0.25, -0.2) is 15.0 Å². The highest BCUT2D eigenvalue weighted by molar-refractivity contribution is 7.99. The van der Waals surface area contributed by atoms with Gasteiger partial charge in [-0.05, 0) is 54.0 Å². The molecule has 1 saturated heterocycles. The Balaban J connectivity index is 1.30. The molecule has 0 radical (unpaired) electrons. The smallest absolute Gasteiger partial charge is 0.161 e. The van der Waals surface area contributed by atoms with E-state index in [-0.39, 0.29) is 17.3 Å². The number of methoxy groups -OCH3 is 2. The summed E-state index contributed by atoms with van der Waals surface area (Å²) in [6, 6.07) is 5.83. The fourth-order valence-electron chi connectivity index (χ4n) is 5.11. The van der Waals surface area contributed by atoms with Crippen LogP contribution in [-0.2, 0) is 6.42 Å². The molecule has 6 N–H and O–H groups in total.